The van der Waals surface area contributed by atoms with E-state index in [-0.39, 0.29) is 6.61 Å². The van der Waals surface area contributed by atoms with Crippen molar-refractivity contribution in [1.29, 1.82) is 0 Å². The second kappa shape index (κ2) is 6.19. The Bertz CT molecular complexity index is 562. The van der Waals surface area contributed by atoms with Crippen LogP contribution in [0.25, 0.3) is 10.4 Å². The lowest BCUT2D eigenvalue weighted by Crippen LogP contribution is -2.14. The van der Waals surface area contributed by atoms with Crippen LogP contribution >= 0.6 is 22.9 Å². The number of ether oxygens (including phenoxy) is 1. The van der Waals surface area contributed by atoms with Crippen molar-refractivity contribution in [2.45, 2.75) is 13.0 Å². The Morgan fingerprint density at radius 1 is 1.32 bits per heavy atom. The zero-order valence-corrected chi connectivity index (χ0v) is 11.9. The standard InChI is InChI=1S/C14H13ClO3S/c1-2-18-14(17)13(16)12-8-7-11(19-12)9-3-5-10(15)6-4-9/h3-8,13,16H,2H2,1H3. The van der Waals surface area contributed by atoms with Gasteiger partial charge in [-0.2, -0.15) is 0 Å². The van der Waals surface area contributed by atoms with E-state index in [0.717, 1.165) is 10.4 Å². The molecule has 0 fully saturated rings. The van der Waals surface area contributed by atoms with Crippen molar-refractivity contribution in [2.24, 2.45) is 0 Å². The molecule has 19 heavy (non-hydrogen) atoms. The van der Waals surface area contributed by atoms with Gasteiger partial charge in [0.1, 0.15) is 0 Å². The van der Waals surface area contributed by atoms with E-state index >= 15 is 0 Å². The van der Waals surface area contributed by atoms with Crippen LogP contribution in [0.15, 0.2) is 36.4 Å². The number of hydrogen-bond acceptors (Lipinski definition) is 4. The van der Waals surface area contributed by atoms with Gasteiger partial charge in [0, 0.05) is 14.8 Å². The molecule has 1 N–H and O–H groups in total. The minimum absolute atomic E-state index is 0.255. The summed E-state index contributed by atoms with van der Waals surface area (Å²) >= 11 is 7.19. The highest BCUT2D eigenvalue weighted by atomic mass is 35.5. The maximum atomic E-state index is 11.5. The second-order valence-electron chi connectivity index (χ2n) is 3.86. The van der Waals surface area contributed by atoms with Crippen LogP contribution in [0.4, 0.5) is 0 Å². The van der Waals surface area contributed by atoms with Crippen LogP contribution in [0.2, 0.25) is 5.02 Å². The molecule has 0 radical (unpaired) electrons. The van der Waals surface area contributed by atoms with Crippen molar-refractivity contribution in [3.63, 3.8) is 0 Å². The first-order valence-corrected chi connectivity index (χ1v) is 7.01. The Balaban J connectivity index is 2.19. The fourth-order valence-corrected chi connectivity index (χ4v) is 2.72. The van der Waals surface area contributed by atoms with E-state index < -0.39 is 12.1 Å². The number of benzene rings is 1. The molecule has 1 aromatic heterocycles. The molecule has 0 amide bonds. The number of hydrogen-bond donors (Lipinski definition) is 1. The Kier molecular flexibility index (Phi) is 4.58. The predicted molar refractivity (Wildman–Crippen MR) is 76.4 cm³/mol. The molecular formula is C14H13ClO3S. The number of rotatable bonds is 4. The van der Waals surface area contributed by atoms with E-state index in [1.165, 1.54) is 11.3 Å². The lowest BCUT2D eigenvalue weighted by atomic mass is 10.2. The molecule has 2 aromatic rings. The van der Waals surface area contributed by atoms with Gasteiger partial charge in [-0.05, 0) is 36.8 Å². The largest absolute Gasteiger partial charge is 0.464 e. The molecule has 0 saturated carbocycles. The molecule has 1 aromatic carbocycles. The summed E-state index contributed by atoms with van der Waals surface area (Å²) in [5.74, 6) is -0.619. The molecule has 1 atom stereocenters. The van der Waals surface area contributed by atoms with Crippen LogP contribution in [-0.2, 0) is 9.53 Å². The third kappa shape index (κ3) is 3.35. The molecule has 2 rings (SSSR count). The summed E-state index contributed by atoms with van der Waals surface area (Å²) in [4.78, 5) is 13.0. The lowest BCUT2D eigenvalue weighted by Gasteiger charge is -2.06. The Hall–Kier alpha value is -1.36. The van der Waals surface area contributed by atoms with E-state index in [1.807, 2.05) is 18.2 Å². The van der Waals surface area contributed by atoms with Gasteiger partial charge in [0.2, 0.25) is 0 Å². The molecule has 0 aliphatic carbocycles. The summed E-state index contributed by atoms with van der Waals surface area (Å²) in [6.07, 6.45) is -1.22. The van der Waals surface area contributed by atoms with Crippen molar-refractivity contribution in [3.8, 4) is 10.4 Å². The molecule has 3 nitrogen and oxygen atoms in total. The number of halogens is 1. The smallest absolute Gasteiger partial charge is 0.340 e. The molecule has 1 unspecified atom stereocenters. The van der Waals surface area contributed by atoms with Crippen LogP contribution in [0.5, 0.6) is 0 Å². The monoisotopic (exact) mass is 296 g/mol. The molecule has 0 aliphatic heterocycles. The van der Waals surface area contributed by atoms with Crippen LogP contribution in [0.3, 0.4) is 0 Å². The summed E-state index contributed by atoms with van der Waals surface area (Å²) in [5.41, 5.74) is 0.997. The summed E-state index contributed by atoms with van der Waals surface area (Å²) in [6.45, 7) is 1.96. The van der Waals surface area contributed by atoms with Gasteiger partial charge in [0.25, 0.3) is 0 Å². The molecule has 0 bridgehead atoms. The Morgan fingerprint density at radius 2 is 2.00 bits per heavy atom. The van der Waals surface area contributed by atoms with Crippen LogP contribution in [0.1, 0.15) is 17.9 Å². The van der Waals surface area contributed by atoms with Crippen molar-refractivity contribution < 1.29 is 14.6 Å². The number of thiophene rings is 1. The topological polar surface area (TPSA) is 46.5 Å². The van der Waals surface area contributed by atoms with Crippen molar-refractivity contribution in [2.75, 3.05) is 6.61 Å². The highest BCUT2D eigenvalue weighted by Crippen LogP contribution is 2.32. The minimum atomic E-state index is -1.22. The highest BCUT2D eigenvalue weighted by Gasteiger charge is 2.20. The maximum Gasteiger partial charge on any atom is 0.340 e. The summed E-state index contributed by atoms with van der Waals surface area (Å²) < 4.78 is 4.79. The van der Waals surface area contributed by atoms with Crippen LogP contribution in [-0.4, -0.2) is 17.7 Å². The quantitative estimate of drug-likeness (QED) is 0.876. The predicted octanol–water partition coefficient (Wildman–Crippen LogP) is 3.67. The van der Waals surface area contributed by atoms with Gasteiger partial charge >= 0.3 is 5.97 Å². The third-order valence-electron chi connectivity index (χ3n) is 2.53. The van der Waals surface area contributed by atoms with E-state index in [0.29, 0.717) is 9.90 Å². The first-order chi connectivity index (χ1) is 9.11. The van der Waals surface area contributed by atoms with Crippen LogP contribution < -0.4 is 0 Å². The fourth-order valence-electron chi connectivity index (χ4n) is 1.61. The fraction of sp³-hybridized carbons (Fsp3) is 0.214. The van der Waals surface area contributed by atoms with Gasteiger partial charge in [-0.25, -0.2) is 4.79 Å². The second-order valence-corrected chi connectivity index (χ2v) is 5.42. The summed E-state index contributed by atoms with van der Waals surface area (Å²) in [6, 6.07) is 11.0. The van der Waals surface area contributed by atoms with Gasteiger partial charge in [-0.15, -0.1) is 11.3 Å². The Labute approximate surface area is 120 Å². The number of carbonyl (C=O) groups is 1. The summed E-state index contributed by atoms with van der Waals surface area (Å²) in [5, 5.41) is 10.5. The number of carbonyl (C=O) groups excluding carboxylic acids is 1. The van der Waals surface area contributed by atoms with E-state index in [2.05, 4.69) is 0 Å². The molecule has 0 saturated heterocycles. The number of aliphatic hydroxyl groups excluding tert-OH is 1. The molecule has 5 heteroatoms. The SMILES string of the molecule is CCOC(=O)C(O)c1ccc(-c2ccc(Cl)cc2)s1. The first-order valence-electron chi connectivity index (χ1n) is 5.82. The van der Waals surface area contributed by atoms with Crippen LogP contribution in [0, 0.1) is 0 Å². The van der Waals surface area contributed by atoms with Crippen molar-refractivity contribution >= 4 is 28.9 Å². The average molecular weight is 297 g/mol. The van der Waals surface area contributed by atoms with Crippen molar-refractivity contribution in [3.05, 3.63) is 46.3 Å². The Morgan fingerprint density at radius 3 is 2.63 bits per heavy atom. The van der Waals surface area contributed by atoms with Gasteiger partial charge in [0.05, 0.1) is 6.61 Å². The van der Waals surface area contributed by atoms with E-state index in [1.54, 1.807) is 25.1 Å². The summed E-state index contributed by atoms with van der Waals surface area (Å²) in [7, 11) is 0. The molecule has 1 heterocycles. The van der Waals surface area contributed by atoms with Gasteiger partial charge in [0.15, 0.2) is 6.10 Å². The van der Waals surface area contributed by atoms with Crippen molar-refractivity contribution in [1.82, 2.24) is 0 Å². The van der Waals surface area contributed by atoms with Gasteiger partial charge in [-0.3, -0.25) is 0 Å². The van der Waals surface area contributed by atoms with E-state index in [9.17, 15) is 9.90 Å². The molecule has 0 aliphatic rings. The lowest BCUT2D eigenvalue weighted by molar-refractivity contribution is -0.153. The zero-order chi connectivity index (χ0) is 13.8. The van der Waals surface area contributed by atoms with Gasteiger partial charge in [-0.1, -0.05) is 23.7 Å². The number of aliphatic hydroxyl groups is 1. The zero-order valence-electron chi connectivity index (χ0n) is 10.3. The van der Waals surface area contributed by atoms with E-state index in [4.69, 9.17) is 16.3 Å². The molecular weight excluding hydrogens is 284 g/mol. The normalized spacial score (nSPS) is 12.2. The highest BCUT2D eigenvalue weighted by molar-refractivity contribution is 7.15. The minimum Gasteiger partial charge on any atom is -0.464 e. The number of esters is 1. The molecule has 100 valence electrons. The van der Waals surface area contributed by atoms with Gasteiger partial charge < -0.3 is 9.84 Å². The average Bonchev–Trinajstić information content (AvgIpc) is 2.88. The third-order valence-corrected chi connectivity index (χ3v) is 3.97. The molecule has 0 spiro atoms. The first kappa shape index (κ1) is 14.1. The maximum absolute atomic E-state index is 11.5.